The molecule has 0 saturated heterocycles. The molecule has 3 amide bonds. The third-order valence-corrected chi connectivity index (χ3v) is 2.19. The summed E-state index contributed by atoms with van der Waals surface area (Å²) in [4.78, 5) is 32.4. The molecule has 7 heteroatoms. The molecule has 0 fully saturated rings. The van der Waals surface area contributed by atoms with E-state index in [1.807, 2.05) is 6.92 Å². The molecule has 0 rings (SSSR count). The Hall–Kier alpha value is -1.79. The minimum absolute atomic E-state index is 0.197. The number of carbonyl (C=O) groups is 3. The molecule has 0 aliphatic heterocycles. The molecule has 0 aromatic rings. The van der Waals surface area contributed by atoms with Crippen LogP contribution in [0.2, 0.25) is 0 Å². The number of nitrogens with two attached hydrogens (primary N) is 1. The summed E-state index contributed by atoms with van der Waals surface area (Å²) >= 11 is 0. The van der Waals surface area contributed by atoms with Crippen LogP contribution in [0.1, 0.15) is 20.3 Å². The van der Waals surface area contributed by atoms with Crippen molar-refractivity contribution in [3.05, 3.63) is 0 Å². The maximum atomic E-state index is 11.2. The summed E-state index contributed by atoms with van der Waals surface area (Å²) < 4.78 is 0. The molecule has 0 aliphatic rings. The van der Waals surface area contributed by atoms with Gasteiger partial charge in [-0.2, -0.15) is 0 Å². The van der Waals surface area contributed by atoms with Crippen molar-refractivity contribution in [2.45, 2.75) is 26.3 Å². The summed E-state index contributed by atoms with van der Waals surface area (Å²) in [6.45, 7) is 3.22. The van der Waals surface area contributed by atoms with E-state index in [2.05, 4.69) is 10.6 Å². The molecule has 0 aliphatic carbocycles. The van der Waals surface area contributed by atoms with Crippen LogP contribution in [0.15, 0.2) is 0 Å². The van der Waals surface area contributed by atoms with Gasteiger partial charge in [0.05, 0.1) is 6.54 Å². The minimum Gasteiger partial charge on any atom is -0.480 e. The lowest BCUT2D eigenvalue weighted by atomic mass is 9.99. The van der Waals surface area contributed by atoms with Gasteiger partial charge < -0.3 is 21.5 Å². The number of hydrogen-bond donors (Lipinski definition) is 4. The van der Waals surface area contributed by atoms with Crippen LogP contribution < -0.4 is 16.4 Å². The predicted octanol–water partition coefficient (Wildman–Crippen LogP) is -0.730. The average molecular weight is 231 g/mol. The van der Waals surface area contributed by atoms with Gasteiger partial charge in [0.25, 0.3) is 0 Å². The van der Waals surface area contributed by atoms with Crippen LogP contribution in [0, 0.1) is 5.92 Å². The molecule has 0 aromatic carbocycles. The molecule has 0 aromatic heterocycles. The second kappa shape index (κ2) is 6.65. The van der Waals surface area contributed by atoms with Gasteiger partial charge in [-0.05, 0) is 5.92 Å². The van der Waals surface area contributed by atoms with E-state index < -0.39 is 23.9 Å². The van der Waals surface area contributed by atoms with E-state index in [1.165, 1.54) is 0 Å². The third kappa shape index (κ3) is 5.18. The van der Waals surface area contributed by atoms with Crippen molar-refractivity contribution in [3.8, 4) is 0 Å². The van der Waals surface area contributed by atoms with E-state index in [1.54, 1.807) is 6.92 Å². The Kier molecular flexibility index (Phi) is 5.91. The molecule has 1 unspecified atom stereocenters. The number of hydrogen-bond acceptors (Lipinski definition) is 3. The second-order valence-electron chi connectivity index (χ2n) is 3.49. The van der Waals surface area contributed by atoms with Crippen LogP contribution in [-0.4, -0.2) is 35.6 Å². The highest BCUT2D eigenvalue weighted by molar-refractivity contribution is 5.86. The molecule has 16 heavy (non-hydrogen) atoms. The maximum absolute atomic E-state index is 11.2. The topological polar surface area (TPSA) is 122 Å². The number of rotatable bonds is 6. The highest BCUT2D eigenvalue weighted by Gasteiger charge is 2.25. The number of aliphatic carboxylic acids is 1. The fraction of sp³-hybridized carbons (Fsp3) is 0.667. The van der Waals surface area contributed by atoms with Crippen LogP contribution in [0.25, 0.3) is 0 Å². The van der Waals surface area contributed by atoms with Crippen LogP contribution >= 0.6 is 0 Å². The largest absolute Gasteiger partial charge is 0.480 e. The van der Waals surface area contributed by atoms with Gasteiger partial charge in [-0.15, -0.1) is 0 Å². The molecule has 0 saturated carbocycles. The molecular formula is C9H17N3O4. The van der Waals surface area contributed by atoms with E-state index in [4.69, 9.17) is 10.8 Å². The van der Waals surface area contributed by atoms with Crippen molar-refractivity contribution in [2.24, 2.45) is 11.7 Å². The summed E-state index contributed by atoms with van der Waals surface area (Å²) in [6, 6.07) is -1.69. The van der Waals surface area contributed by atoms with Gasteiger partial charge in [0, 0.05) is 0 Å². The Balaban J connectivity index is 4.24. The number of carbonyl (C=O) groups excluding carboxylic acids is 2. The highest BCUT2D eigenvalue weighted by atomic mass is 16.4. The van der Waals surface area contributed by atoms with Crippen LogP contribution in [0.3, 0.4) is 0 Å². The fourth-order valence-electron chi connectivity index (χ4n) is 1.04. The zero-order chi connectivity index (χ0) is 12.7. The van der Waals surface area contributed by atoms with Gasteiger partial charge in [-0.25, -0.2) is 9.59 Å². The van der Waals surface area contributed by atoms with Crippen molar-refractivity contribution in [3.63, 3.8) is 0 Å². The van der Waals surface area contributed by atoms with Gasteiger partial charge in [0.2, 0.25) is 5.91 Å². The van der Waals surface area contributed by atoms with Crippen molar-refractivity contribution in [1.29, 1.82) is 0 Å². The van der Waals surface area contributed by atoms with Crippen LogP contribution in [0.4, 0.5) is 4.79 Å². The van der Waals surface area contributed by atoms with E-state index in [9.17, 15) is 14.4 Å². The first kappa shape index (κ1) is 14.2. The lowest BCUT2D eigenvalue weighted by Crippen LogP contribution is -2.50. The standard InChI is InChI=1S/C9H17N3O4/c1-3-5(2)7(8(14)15)12-9(16)11-4-6(10)13/h5,7H,3-4H2,1-2H3,(H2,10,13)(H,14,15)(H2,11,12,16)/t5?,7-/m0/s1. The highest BCUT2D eigenvalue weighted by Crippen LogP contribution is 2.07. The molecule has 7 nitrogen and oxygen atoms in total. The lowest BCUT2D eigenvalue weighted by molar-refractivity contribution is -0.140. The SMILES string of the molecule is CCC(C)[C@H](NC(=O)NCC(N)=O)C(=O)O. The number of primary amides is 1. The second-order valence-corrected chi connectivity index (χ2v) is 3.49. The molecule has 5 N–H and O–H groups in total. The smallest absolute Gasteiger partial charge is 0.326 e. The summed E-state index contributed by atoms with van der Waals surface area (Å²) in [5.74, 6) is -1.99. The molecule has 0 spiro atoms. The Morgan fingerprint density at radius 3 is 2.31 bits per heavy atom. The number of carboxylic acids is 1. The number of urea groups is 1. The van der Waals surface area contributed by atoms with Crippen LogP contribution in [-0.2, 0) is 9.59 Å². The Morgan fingerprint density at radius 2 is 1.94 bits per heavy atom. The van der Waals surface area contributed by atoms with Gasteiger partial charge in [-0.3, -0.25) is 4.79 Å². The Bertz CT molecular complexity index is 280. The van der Waals surface area contributed by atoms with Gasteiger partial charge in [0.1, 0.15) is 6.04 Å². The number of carboxylic acid groups (broad SMARTS) is 1. The van der Waals surface area contributed by atoms with Crippen molar-refractivity contribution in [2.75, 3.05) is 6.54 Å². The normalized spacial score (nSPS) is 13.6. The lowest BCUT2D eigenvalue weighted by Gasteiger charge is -2.20. The quantitative estimate of drug-likeness (QED) is 0.481. The van der Waals surface area contributed by atoms with E-state index in [0.29, 0.717) is 6.42 Å². The number of nitrogens with one attached hydrogen (secondary N) is 2. The monoisotopic (exact) mass is 231 g/mol. The fourth-order valence-corrected chi connectivity index (χ4v) is 1.04. The predicted molar refractivity (Wildman–Crippen MR) is 56.6 cm³/mol. The number of amides is 3. The molecule has 92 valence electrons. The average Bonchev–Trinajstić information content (AvgIpc) is 2.21. The zero-order valence-electron chi connectivity index (χ0n) is 9.32. The summed E-state index contributed by atoms with van der Waals surface area (Å²) in [5.41, 5.74) is 4.82. The molecule has 2 atom stereocenters. The molecular weight excluding hydrogens is 214 g/mol. The van der Waals surface area contributed by atoms with E-state index in [0.717, 1.165) is 0 Å². The first-order chi connectivity index (χ1) is 7.38. The first-order valence-corrected chi connectivity index (χ1v) is 4.94. The van der Waals surface area contributed by atoms with Gasteiger partial charge in [0.15, 0.2) is 0 Å². The van der Waals surface area contributed by atoms with Crippen LogP contribution in [0.5, 0.6) is 0 Å². The molecule has 0 bridgehead atoms. The third-order valence-electron chi connectivity index (χ3n) is 2.19. The molecule has 0 heterocycles. The maximum Gasteiger partial charge on any atom is 0.326 e. The summed E-state index contributed by atoms with van der Waals surface area (Å²) in [5, 5.41) is 13.3. The van der Waals surface area contributed by atoms with Crippen molar-refractivity contribution >= 4 is 17.9 Å². The Labute approximate surface area is 93.4 Å². The minimum atomic E-state index is -1.11. The van der Waals surface area contributed by atoms with E-state index in [-0.39, 0.29) is 12.5 Å². The Morgan fingerprint density at radius 1 is 1.38 bits per heavy atom. The molecule has 0 radical (unpaired) electrons. The van der Waals surface area contributed by atoms with Crippen molar-refractivity contribution in [1.82, 2.24) is 10.6 Å². The van der Waals surface area contributed by atoms with E-state index >= 15 is 0 Å². The van der Waals surface area contributed by atoms with Gasteiger partial charge in [-0.1, -0.05) is 20.3 Å². The zero-order valence-corrected chi connectivity index (χ0v) is 9.32. The first-order valence-electron chi connectivity index (χ1n) is 4.94. The van der Waals surface area contributed by atoms with Crippen molar-refractivity contribution < 1.29 is 19.5 Å². The summed E-state index contributed by atoms with van der Waals surface area (Å²) in [7, 11) is 0. The van der Waals surface area contributed by atoms with Gasteiger partial charge >= 0.3 is 12.0 Å². The summed E-state index contributed by atoms with van der Waals surface area (Å²) in [6.07, 6.45) is 0.618.